The van der Waals surface area contributed by atoms with Crippen molar-refractivity contribution in [1.82, 2.24) is 0 Å². The van der Waals surface area contributed by atoms with Gasteiger partial charge in [0.25, 0.3) is 5.91 Å². The third-order valence-corrected chi connectivity index (χ3v) is 3.53. The quantitative estimate of drug-likeness (QED) is 0.913. The maximum Gasteiger partial charge on any atom is 0.255 e. The Bertz CT molecular complexity index is 652. The van der Waals surface area contributed by atoms with Crippen molar-refractivity contribution in [3.05, 3.63) is 52.0 Å². The van der Waals surface area contributed by atoms with Crippen molar-refractivity contribution in [1.29, 1.82) is 0 Å². The fourth-order valence-electron chi connectivity index (χ4n) is 1.72. The molecule has 0 saturated carbocycles. The molecule has 0 aromatic heterocycles. The molecule has 110 valence electrons. The van der Waals surface area contributed by atoms with E-state index in [1.54, 1.807) is 44.6 Å². The van der Waals surface area contributed by atoms with Crippen LogP contribution in [0.25, 0.3) is 0 Å². The molecule has 0 atom stereocenters. The Labute approximate surface area is 132 Å². The molecule has 0 heterocycles. The number of methoxy groups -OCH3 is 2. The van der Waals surface area contributed by atoms with Gasteiger partial charge in [0, 0.05) is 29.4 Å². The van der Waals surface area contributed by atoms with Crippen LogP contribution in [-0.4, -0.2) is 20.1 Å². The second-order valence-corrected chi connectivity index (χ2v) is 5.00. The summed E-state index contributed by atoms with van der Waals surface area (Å²) in [7, 11) is 3.08. The summed E-state index contributed by atoms with van der Waals surface area (Å²) < 4.78 is 10.3. The molecule has 6 heteroatoms. The molecule has 0 unspecified atom stereocenters. The van der Waals surface area contributed by atoms with Crippen molar-refractivity contribution in [2.24, 2.45) is 0 Å². The topological polar surface area (TPSA) is 47.6 Å². The molecule has 0 aliphatic carbocycles. The zero-order chi connectivity index (χ0) is 15.4. The van der Waals surface area contributed by atoms with Gasteiger partial charge in [0.15, 0.2) is 0 Å². The number of nitrogens with one attached hydrogen (secondary N) is 1. The maximum absolute atomic E-state index is 12.2. The van der Waals surface area contributed by atoms with E-state index in [0.717, 1.165) is 0 Å². The molecular formula is C15H13Cl2NO3. The summed E-state index contributed by atoms with van der Waals surface area (Å²) in [5.41, 5.74) is 0.966. The molecule has 2 rings (SSSR count). The molecule has 0 spiro atoms. The van der Waals surface area contributed by atoms with Crippen LogP contribution in [0.3, 0.4) is 0 Å². The summed E-state index contributed by atoms with van der Waals surface area (Å²) in [5, 5.41) is 3.48. The van der Waals surface area contributed by atoms with Gasteiger partial charge in [-0.25, -0.2) is 0 Å². The molecule has 0 bridgehead atoms. The minimum absolute atomic E-state index is 0.302. The molecule has 0 fully saturated rings. The first-order valence-electron chi connectivity index (χ1n) is 6.03. The van der Waals surface area contributed by atoms with Crippen LogP contribution in [0.2, 0.25) is 10.0 Å². The summed E-state index contributed by atoms with van der Waals surface area (Å²) in [6.45, 7) is 0. The lowest BCUT2D eigenvalue weighted by atomic mass is 10.2. The molecule has 21 heavy (non-hydrogen) atoms. The number of carbonyl (C=O) groups is 1. The summed E-state index contributed by atoms with van der Waals surface area (Å²) in [5.74, 6) is 0.862. The van der Waals surface area contributed by atoms with Crippen LogP contribution in [0.15, 0.2) is 36.4 Å². The molecular weight excluding hydrogens is 313 g/mol. The van der Waals surface area contributed by atoms with E-state index in [4.69, 9.17) is 32.7 Å². The smallest absolute Gasteiger partial charge is 0.255 e. The molecule has 1 N–H and O–H groups in total. The predicted molar refractivity (Wildman–Crippen MR) is 84.0 cm³/mol. The van der Waals surface area contributed by atoms with Crippen LogP contribution >= 0.6 is 23.2 Å². The lowest BCUT2D eigenvalue weighted by Crippen LogP contribution is -2.12. The largest absolute Gasteiger partial charge is 0.497 e. The van der Waals surface area contributed by atoms with Crippen LogP contribution in [0.4, 0.5) is 5.69 Å². The first kappa shape index (κ1) is 15.5. The monoisotopic (exact) mass is 325 g/mol. The third-order valence-electron chi connectivity index (χ3n) is 2.79. The number of anilines is 1. The molecule has 0 aliphatic heterocycles. The Morgan fingerprint density at radius 2 is 1.57 bits per heavy atom. The number of benzene rings is 2. The lowest BCUT2D eigenvalue weighted by molar-refractivity contribution is 0.102. The molecule has 0 aliphatic rings. The van der Waals surface area contributed by atoms with Gasteiger partial charge in [0.2, 0.25) is 0 Å². The van der Waals surface area contributed by atoms with Crippen LogP contribution in [0.1, 0.15) is 10.4 Å². The Kier molecular flexibility index (Phi) is 4.94. The van der Waals surface area contributed by atoms with Gasteiger partial charge >= 0.3 is 0 Å². The molecule has 1 amide bonds. The number of halogens is 2. The van der Waals surface area contributed by atoms with E-state index in [9.17, 15) is 4.79 Å². The van der Waals surface area contributed by atoms with Gasteiger partial charge in [0.1, 0.15) is 11.5 Å². The van der Waals surface area contributed by atoms with Crippen molar-refractivity contribution >= 4 is 34.8 Å². The zero-order valence-electron chi connectivity index (χ0n) is 11.4. The van der Waals surface area contributed by atoms with Crippen LogP contribution in [-0.2, 0) is 0 Å². The van der Waals surface area contributed by atoms with Gasteiger partial charge in [-0.2, -0.15) is 0 Å². The Morgan fingerprint density at radius 3 is 2.10 bits per heavy atom. The number of ether oxygens (including phenoxy) is 2. The summed E-state index contributed by atoms with van der Waals surface area (Å²) in [6.07, 6.45) is 0. The fourth-order valence-corrected chi connectivity index (χ4v) is 2.02. The average molecular weight is 326 g/mol. The van der Waals surface area contributed by atoms with Crippen molar-refractivity contribution in [3.63, 3.8) is 0 Å². The second kappa shape index (κ2) is 6.70. The molecule has 2 aromatic rings. The first-order chi connectivity index (χ1) is 10.0. The van der Waals surface area contributed by atoms with Gasteiger partial charge in [-0.1, -0.05) is 23.2 Å². The number of hydrogen-bond acceptors (Lipinski definition) is 3. The SMILES string of the molecule is COc1cc(NC(=O)c2ccc(Cl)c(Cl)c2)cc(OC)c1. The number of amides is 1. The van der Waals surface area contributed by atoms with Crippen molar-refractivity contribution < 1.29 is 14.3 Å². The zero-order valence-corrected chi connectivity index (χ0v) is 13.0. The normalized spacial score (nSPS) is 10.1. The Balaban J connectivity index is 2.24. The van der Waals surface area contributed by atoms with E-state index in [2.05, 4.69) is 5.32 Å². The lowest BCUT2D eigenvalue weighted by Gasteiger charge is -2.10. The van der Waals surface area contributed by atoms with Crippen molar-refractivity contribution in [3.8, 4) is 11.5 Å². The predicted octanol–water partition coefficient (Wildman–Crippen LogP) is 4.26. The van der Waals surface area contributed by atoms with Crippen molar-refractivity contribution in [2.45, 2.75) is 0 Å². The van der Waals surface area contributed by atoms with Gasteiger partial charge in [-0.15, -0.1) is 0 Å². The Morgan fingerprint density at radius 1 is 0.952 bits per heavy atom. The summed E-state index contributed by atoms with van der Waals surface area (Å²) in [6, 6.07) is 9.78. The number of rotatable bonds is 4. The van der Waals surface area contributed by atoms with Crippen LogP contribution in [0.5, 0.6) is 11.5 Å². The highest BCUT2D eigenvalue weighted by Gasteiger charge is 2.10. The van der Waals surface area contributed by atoms with Crippen LogP contribution in [0, 0.1) is 0 Å². The van der Waals surface area contributed by atoms with Crippen molar-refractivity contribution in [2.75, 3.05) is 19.5 Å². The highest BCUT2D eigenvalue weighted by atomic mass is 35.5. The first-order valence-corrected chi connectivity index (χ1v) is 6.78. The van der Waals surface area contributed by atoms with E-state index in [0.29, 0.717) is 32.8 Å². The van der Waals surface area contributed by atoms with E-state index in [-0.39, 0.29) is 5.91 Å². The van der Waals surface area contributed by atoms with E-state index < -0.39 is 0 Å². The van der Waals surface area contributed by atoms with Crippen LogP contribution < -0.4 is 14.8 Å². The fraction of sp³-hybridized carbons (Fsp3) is 0.133. The second-order valence-electron chi connectivity index (χ2n) is 4.18. The molecule has 4 nitrogen and oxygen atoms in total. The minimum atomic E-state index is -0.302. The molecule has 0 saturated heterocycles. The minimum Gasteiger partial charge on any atom is -0.497 e. The molecule has 2 aromatic carbocycles. The standard InChI is InChI=1S/C15H13Cl2NO3/c1-20-11-6-10(7-12(8-11)21-2)18-15(19)9-3-4-13(16)14(17)5-9/h3-8H,1-2H3,(H,18,19). The third kappa shape index (κ3) is 3.80. The van der Waals surface area contributed by atoms with Gasteiger partial charge in [-0.3, -0.25) is 4.79 Å². The Hall–Kier alpha value is -1.91. The number of carbonyl (C=O) groups excluding carboxylic acids is 1. The maximum atomic E-state index is 12.2. The summed E-state index contributed by atoms with van der Waals surface area (Å²) in [4.78, 5) is 12.2. The highest BCUT2D eigenvalue weighted by molar-refractivity contribution is 6.42. The number of hydrogen-bond donors (Lipinski definition) is 1. The van der Waals surface area contributed by atoms with Gasteiger partial charge in [-0.05, 0) is 18.2 Å². The van der Waals surface area contributed by atoms with E-state index in [1.165, 1.54) is 6.07 Å². The highest BCUT2D eigenvalue weighted by Crippen LogP contribution is 2.27. The average Bonchev–Trinajstić information content (AvgIpc) is 2.49. The van der Waals surface area contributed by atoms with Gasteiger partial charge in [0.05, 0.1) is 24.3 Å². The van der Waals surface area contributed by atoms with E-state index in [1.807, 2.05) is 0 Å². The van der Waals surface area contributed by atoms with Gasteiger partial charge < -0.3 is 14.8 Å². The summed E-state index contributed by atoms with van der Waals surface area (Å²) >= 11 is 11.7. The van der Waals surface area contributed by atoms with E-state index >= 15 is 0 Å². The molecule has 0 radical (unpaired) electrons.